The molecule has 0 spiro atoms. The number of hydrogen-bond donors (Lipinski definition) is 1. The molecular formula is C16H12N2O. The minimum atomic E-state index is -0.511. The SMILES string of the molecule is NC(=O)c1cc2ccccc2c(-c2ccccc2)n1. The molecule has 0 aliphatic rings. The van der Waals surface area contributed by atoms with Gasteiger partial charge in [0.1, 0.15) is 5.69 Å². The molecule has 0 bridgehead atoms. The van der Waals surface area contributed by atoms with E-state index in [0.29, 0.717) is 0 Å². The highest BCUT2D eigenvalue weighted by Crippen LogP contribution is 2.27. The Kier molecular flexibility index (Phi) is 2.72. The first-order valence-corrected chi connectivity index (χ1v) is 6.01. The molecule has 0 saturated carbocycles. The Labute approximate surface area is 110 Å². The first-order chi connectivity index (χ1) is 9.25. The topological polar surface area (TPSA) is 56.0 Å². The van der Waals surface area contributed by atoms with Gasteiger partial charge < -0.3 is 5.73 Å². The molecule has 0 radical (unpaired) electrons. The van der Waals surface area contributed by atoms with E-state index in [1.54, 1.807) is 6.07 Å². The van der Waals surface area contributed by atoms with Gasteiger partial charge in [-0.15, -0.1) is 0 Å². The summed E-state index contributed by atoms with van der Waals surface area (Å²) in [6.45, 7) is 0. The number of nitrogens with zero attached hydrogens (tertiary/aromatic N) is 1. The third kappa shape index (κ3) is 2.06. The molecular weight excluding hydrogens is 236 g/mol. The van der Waals surface area contributed by atoms with Gasteiger partial charge in [0, 0.05) is 10.9 Å². The summed E-state index contributed by atoms with van der Waals surface area (Å²) in [5, 5.41) is 1.98. The number of rotatable bonds is 2. The number of fused-ring (bicyclic) bond motifs is 1. The molecule has 0 aliphatic carbocycles. The zero-order chi connectivity index (χ0) is 13.2. The Morgan fingerprint density at radius 3 is 2.37 bits per heavy atom. The van der Waals surface area contributed by atoms with E-state index >= 15 is 0 Å². The molecule has 0 aliphatic heterocycles. The van der Waals surface area contributed by atoms with Crippen molar-refractivity contribution in [3.05, 3.63) is 66.4 Å². The Hall–Kier alpha value is -2.68. The van der Waals surface area contributed by atoms with Crippen molar-refractivity contribution in [1.29, 1.82) is 0 Å². The number of aromatic nitrogens is 1. The molecule has 1 amide bonds. The van der Waals surface area contributed by atoms with Crippen molar-refractivity contribution in [2.75, 3.05) is 0 Å². The van der Waals surface area contributed by atoms with Gasteiger partial charge in [0.15, 0.2) is 0 Å². The normalized spacial score (nSPS) is 10.5. The fraction of sp³-hybridized carbons (Fsp3) is 0. The van der Waals surface area contributed by atoms with E-state index < -0.39 is 5.91 Å². The molecule has 1 aromatic heterocycles. The van der Waals surface area contributed by atoms with Crippen LogP contribution in [0.1, 0.15) is 10.5 Å². The zero-order valence-electron chi connectivity index (χ0n) is 10.2. The van der Waals surface area contributed by atoms with Crippen molar-refractivity contribution in [3.8, 4) is 11.3 Å². The van der Waals surface area contributed by atoms with Crippen LogP contribution < -0.4 is 5.73 Å². The van der Waals surface area contributed by atoms with E-state index in [-0.39, 0.29) is 5.69 Å². The summed E-state index contributed by atoms with van der Waals surface area (Å²) in [5.74, 6) is -0.511. The average Bonchev–Trinajstić information content (AvgIpc) is 2.47. The van der Waals surface area contributed by atoms with Gasteiger partial charge in [0.25, 0.3) is 5.91 Å². The lowest BCUT2D eigenvalue weighted by molar-refractivity contribution is 0.0996. The lowest BCUT2D eigenvalue weighted by Gasteiger charge is -2.08. The number of pyridine rings is 1. The van der Waals surface area contributed by atoms with Crippen LogP contribution in [0.2, 0.25) is 0 Å². The van der Waals surface area contributed by atoms with Crippen LogP contribution in [0.15, 0.2) is 60.7 Å². The second-order valence-electron chi connectivity index (χ2n) is 4.31. The number of primary amides is 1. The second kappa shape index (κ2) is 4.53. The number of nitrogens with two attached hydrogens (primary N) is 1. The number of amides is 1. The molecule has 92 valence electrons. The van der Waals surface area contributed by atoms with Crippen LogP contribution in [-0.2, 0) is 0 Å². The van der Waals surface area contributed by atoms with E-state index in [2.05, 4.69) is 4.98 Å². The maximum absolute atomic E-state index is 11.4. The largest absolute Gasteiger partial charge is 0.364 e. The minimum absolute atomic E-state index is 0.289. The minimum Gasteiger partial charge on any atom is -0.364 e. The summed E-state index contributed by atoms with van der Waals surface area (Å²) in [6, 6.07) is 19.4. The van der Waals surface area contributed by atoms with Crippen LogP contribution in [0.3, 0.4) is 0 Å². The van der Waals surface area contributed by atoms with Crippen LogP contribution in [0, 0.1) is 0 Å². The van der Waals surface area contributed by atoms with Crippen molar-refractivity contribution < 1.29 is 4.79 Å². The molecule has 3 rings (SSSR count). The van der Waals surface area contributed by atoms with E-state index in [0.717, 1.165) is 22.0 Å². The predicted molar refractivity (Wildman–Crippen MR) is 75.7 cm³/mol. The molecule has 0 fully saturated rings. The standard InChI is InChI=1S/C16H12N2O/c17-16(19)14-10-12-8-4-5-9-13(12)15(18-14)11-6-2-1-3-7-11/h1-10H,(H2,17,19). The van der Waals surface area contributed by atoms with Crippen LogP contribution in [-0.4, -0.2) is 10.9 Å². The van der Waals surface area contributed by atoms with E-state index in [9.17, 15) is 4.79 Å². The molecule has 2 N–H and O–H groups in total. The molecule has 0 unspecified atom stereocenters. The number of hydrogen-bond acceptors (Lipinski definition) is 2. The van der Waals surface area contributed by atoms with Gasteiger partial charge in [-0.3, -0.25) is 4.79 Å². The fourth-order valence-corrected chi connectivity index (χ4v) is 2.14. The fourth-order valence-electron chi connectivity index (χ4n) is 2.14. The van der Waals surface area contributed by atoms with Gasteiger partial charge in [-0.1, -0.05) is 54.6 Å². The third-order valence-electron chi connectivity index (χ3n) is 3.04. The van der Waals surface area contributed by atoms with Crippen LogP contribution in [0.25, 0.3) is 22.0 Å². The quantitative estimate of drug-likeness (QED) is 0.758. The number of carbonyl (C=O) groups is 1. The summed E-state index contributed by atoms with van der Waals surface area (Å²) in [5.41, 5.74) is 7.40. The zero-order valence-corrected chi connectivity index (χ0v) is 10.2. The van der Waals surface area contributed by atoms with Crippen molar-refractivity contribution in [3.63, 3.8) is 0 Å². The van der Waals surface area contributed by atoms with Crippen LogP contribution in [0.4, 0.5) is 0 Å². The highest BCUT2D eigenvalue weighted by atomic mass is 16.1. The van der Waals surface area contributed by atoms with Crippen molar-refractivity contribution >= 4 is 16.7 Å². The molecule has 19 heavy (non-hydrogen) atoms. The first-order valence-electron chi connectivity index (χ1n) is 6.01. The lowest BCUT2D eigenvalue weighted by atomic mass is 10.0. The van der Waals surface area contributed by atoms with Crippen LogP contribution >= 0.6 is 0 Å². The molecule has 2 aromatic carbocycles. The Morgan fingerprint density at radius 1 is 0.947 bits per heavy atom. The molecule has 0 saturated heterocycles. The summed E-state index contributed by atoms with van der Waals surface area (Å²) >= 11 is 0. The summed E-state index contributed by atoms with van der Waals surface area (Å²) < 4.78 is 0. The number of carbonyl (C=O) groups excluding carboxylic acids is 1. The molecule has 1 heterocycles. The predicted octanol–water partition coefficient (Wildman–Crippen LogP) is 3.00. The monoisotopic (exact) mass is 248 g/mol. The summed E-state index contributed by atoms with van der Waals surface area (Å²) in [4.78, 5) is 15.8. The molecule has 3 nitrogen and oxygen atoms in total. The second-order valence-corrected chi connectivity index (χ2v) is 4.31. The van der Waals surface area contributed by atoms with Gasteiger partial charge in [0.05, 0.1) is 5.69 Å². The Balaban J connectivity index is 2.36. The molecule has 0 atom stereocenters. The number of benzene rings is 2. The van der Waals surface area contributed by atoms with Gasteiger partial charge >= 0.3 is 0 Å². The van der Waals surface area contributed by atoms with Crippen molar-refractivity contribution in [1.82, 2.24) is 4.98 Å². The third-order valence-corrected chi connectivity index (χ3v) is 3.04. The lowest BCUT2D eigenvalue weighted by Crippen LogP contribution is -2.13. The Bertz CT molecular complexity index is 751. The van der Waals surface area contributed by atoms with Gasteiger partial charge in [-0.25, -0.2) is 4.98 Å². The van der Waals surface area contributed by atoms with Crippen molar-refractivity contribution in [2.45, 2.75) is 0 Å². The molecule has 3 heteroatoms. The maximum atomic E-state index is 11.4. The average molecular weight is 248 g/mol. The Morgan fingerprint density at radius 2 is 1.63 bits per heavy atom. The maximum Gasteiger partial charge on any atom is 0.267 e. The van der Waals surface area contributed by atoms with E-state index in [4.69, 9.17) is 5.73 Å². The van der Waals surface area contributed by atoms with Gasteiger partial charge in [-0.05, 0) is 11.5 Å². The summed E-state index contributed by atoms with van der Waals surface area (Å²) in [7, 11) is 0. The van der Waals surface area contributed by atoms with E-state index in [1.165, 1.54) is 0 Å². The highest BCUT2D eigenvalue weighted by Gasteiger charge is 2.10. The molecule has 3 aromatic rings. The van der Waals surface area contributed by atoms with Gasteiger partial charge in [-0.2, -0.15) is 0 Å². The van der Waals surface area contributed by atoms with Crippen molar-refractivity contribution in [2.24, 2.45) is 5.73 Å². The van der Waals surface area contributed by atoms with Crippen LogP contribution in [0.5, 0.6) is 0 Å². The van der Waals surface area contributed by atoms with Gasteiger partial charge in [0.2, 0.25) is 0 Å². The smallest absolute Gasteiger partial charge is 0.267 e. The first kappa shape index (κ1) is 11.4. The highest BCUT2D eigenvalue weighted by molar-refractivity contribution is 6.00. The van der Waals surface area contributed by atoms with E-state index in [1.807, 2.05) is 54.6 Å². The summed E-state index contributed by atoms with van der Waals surface area (Å²) in [6.07, 6.45) is 0.